The number of thioether (sulfide) groups is 1. The number of hydroxylamine groups is 1. The van der Waals surface area contributed by atoms with Crippen LogP contribution in [0.25, 0.3) is 0 Å². The SMILES string of the molecule is CC#CCOc1ccc(SC(CCCCNC(=O)C(N)=O)C(=O)NO)cc1. The smallest absolute Gasteiger partial charge is 0.309 e. The highest BCUT2D eigenvalue weighted by Crippen LogP contribution is 2.28. The molecule has 0 radical (unpaired) electrons. The number of rotatable bonds is 10. The number of carbonyl (C=O) groups excluding carboxylic acids is 3. The maximum atomic E-state index is 11.9. The van der Waals surface area contributed by atoms with Crippen molar-refractivity contribution < 1.29 is 24.3 Å². The molecule has 9 heteroatoms. The Labute approximate surface area is 162 Å². The molecule has 1 atom stereocenters. The summed E-state index contributed by atoms with van der Waals surface area (Å²) < 4.78 is 5.43. The van der Waals surface area contributed by atoms with Crippen LogP contribution >= 0.6 is 11.8 Å². The predicted octanol–water partition coefficient (Wildman–Crippen LogP) is 0.827. The van der Waals surface area contributed by atoms with E-state index in [1.54, 1.807) is 24.5 Å². The Morgan fingerprint density at radius 2 is 1.96 bits per heavy atom. The Balaban J connectivity index is 2.49. The third-order valence-electron chi connectivity index (χ3n) is 3.39. The highest BCUT2D eigenvalue weighted by Gasteiger charge is 2.19. The number of hydrogen-bond donors (Lipinski definition) is 4. The van der Waals surface area contributed by atoms with E-state index in [0.29, 0.717) is 31.6 Å². The molecule has 0 saturated heterocycles. The predicted molar refractivity (Wildman–Crippen MR) is 101 cm³/mol. The maximum Gasteiger partial charge on any atom is 0.309 e. The van der Waals surface area contributed by atoms with Crippen LogP contribution in [0.15, 0.2) is 29.2 Å². The van der Waals surface area contributed by atoms with Gasteiger partial charge in [-0.15, -0.1) is 17.7 Å². The molecule has 0 fully saturated rings. The Bertz CT molecular complexity index is 697. The molecule has 146 valence electrons. The van der Waals surface area contributed by atoms with Gasteiger partial charge in [0.05, 0.1) is 5.25 Å². The molecule has 8 nitrogen and oxygen atoms in total. The normalized spacial score (nSPS) is 10.9. The molecule has 1 unspecified atom stereocenters. The van der Waals surface area contributed by atoms with Gasteiger partial charge in [-0.1, -0.05) is 12.3 Å². The van der Waals surface area contributed by atoms with Crippen molar-refractivity contribution in [1.82, 2.24) is 10.8 Å². The second-order valence-corrected chi connectivity index (χ2v) is 6.66. The number of ether oxygens (including phenoxy) is 1. The lowest BCUT2D eigenvalue weighted by Crippen LogP contribution is -2.36. The number of benzene rings is 1. The summed E-state index contributed by atoms with van der Waals surface area (Å²) in [7, 11) is 0. The molecule has 1 aromatic carbocycles. The van der Waals surface area contributed by atoms with Gasteiger partial charge in [0, 0.05) is 11.4 Å². The van der Waals surface area contributed by atoms with Crippen LogP contribution in [0.2, 0.25) is 0 Å². The van der Waals surface area contributed by atoms with Crippen molar-refractivity contribution >= 4 is 29.5 Å². The molecular weight excluding hydrogens is 370 g/mol. The zero-order valence-corrected chi connectivity index (χ0v) is 15.8. The summed E-state index contributed by atoms with van der Waals surface area (Å²) in [5.41, 5.74) is 6.51. The summed E-state index contributed by atoms with van der Waals surface area (Å²) in [5.74, 6) is 3.86. The van der Waals surface area contributed by atoms with Gasteiger partial charge in [0.15, 0.2) is 0 Å². The van der Waals surface area contributed by atoms with Crippen molar-refractivity contribution in [2.24, 2.45) is 5.73 Å². The quantitative estimate of drug-likeness (QED) is 0.116. The number of nitrogens with one attached hydrogen (secondary N) is 2. The highest BCUT2D eigenvalue weighted by molar-refractivity contribution is 8.00. The van der Waals surface area contributed by atoms with Gasteiger partial charge in [0.1, 0.15) is 12.4 Å². The first-order chi connectivity index (χ1) is 13.0. The van der Waals surface area contributed by atoms with Gasteiger partial charge in [0.25, 0.3) is 5.91 Å². The standard InChI is InChI=1S/C18H23N3O5S/c1-2-3-12-26-13-7-9-14(10-8-13)27-15(17(23)21-25)6-4-5-11-20-18(24)16(19)22/h7-10,15,25H,4-6,11-12H2,1H3,(H2,19,22)(H,20,24)(H,21,23). The van der Waals surface area contributed by atoms with Crippen molar-refractivity contribution in [3.63, 3.8) is 0 Å². The lowest BCUT2D eigenvalue weighted by molar-refractivity contribution is -0.137. The van der Waals surface area contributed by atoms with Crippen molar-refractivity contribution in [2.45, 2.75) is 36.3 Å². The molecule has 3 amide bonds. The van der Waals surface area contributed by atoms with Gasteiger partial charge in [0.2, 0.25) is 0 Å². The number of carbonyl (C=O) groups is 3. The summed E-state index contributed by atoms with van der Waals surface area (Å²) in [6.45, 7) is 2.33. The second kappa shape index (κ2) is 12.6. The monoisotopic (exact) mass is 393 g/mol. The first-order valence-corrected chi connectivity index (χ1v) is 9.16. The molecule has 0 heterocycles. The molecule has 5 N–H and O–H groups in total. The van der Waals surface area contributed by atoms with E-state index in [2.05, 4.69) is 17.2 Å². The Morgan fingerprint density at radius 1 is 1.26 bits per heavy atom. The average Bonchev–Trinajstić information content (AvgIpc) is 2.67. The topological polar surface area (TPSA) is 131 Å². The third-order valence-corrected chi connectivity index (χ3v) is 4.67. The van der Waals surface area contributed by atoms with Crippen LogP contribution in [0.3, 0.4) is 0 Å². The van der Waals surface area contributed by atoms with E-state index < -0.39 is 23.0 Å². The van der Waals surface area contributed by atoms with Crippen molar-refractivity contribution in [2.75, 3.05) is 13.2 Å². The number of hydrogen-bond acceptors (Lipinski definition) is 6. The first kappa shape index (κ1) is 22.3. The fraction of sp³-hybridized carbons (Fsp3) is 0.389. The van der Waals surface area contributed by atoms with Gasteiger partial charge in [-0.05, 0) is 44.0 Å². The van der Waals surface area contributed by atoms with Crippen LogP contribution in [0.4, 0.5) is 0 Å². The molecular formula is C18H23N3O5S. The van der Waals surface area contributed by atoms with E-state index in [0.717, 1.165) is 4.90 Å². The van der Waals surface area contributed by atoms with Crippen LogP contribution in [0, 0.1) is 11.8 Å². The van der Waals surface area contributed by atoms with E-state index in [-0.39, 0.29) is 6.54 Å². The molecule has 27 heavy (non-hydrogen) atoms. The minimum atomic E-state index is -1.03. The molecule has 0 aliphatic carbocycles. The Kier molecular flexibility index (Phi) is 10.4. The summed E-state index contributed by atoms with van der Waals surface area (Å²) in [6, 6.07) is 7.22. The van der Waals surface area contributed by atoms with Gasteiger partial charge in [-0.3, -0.25) is 19.6 Å². The molecule has 0 bridgehead atoms. The number of nitrogens with two attached hydrogens (primary N) is 1. The van der Waals surface area contributed by atoms with Gasteiger partial charge in [-0.25, -0.2) is 5.48 Å². The zero-order chi connectivity index (χ0) is 20.1. The number of primary amides is 1. The van der Waals surface area contributed by atoms with E-state index >= 15 is 0 Å². The lowest BCUT2D eigenvalue weighted by atomic mass is 10.2. The molecule has 0 aliphatic heterocycles. The minimum Gasteiger partial charge on any atom is -0.481 e. The van der Waals surface area contributed by atoms with E-state index in [4.69, 9.17) is 15.7 Å². The Morgan fingerprint density at radius 3 is 2.56 bits per heavy atom. The van der Waals surface area contributed by atoms with Gasteiger partial charge < -0.3 is 15.8 Å². The molecule has 1 rings (SSSR count). The molecule has 0 saturated carbocycles. The largest absolute Gasteiger partial charge is 0.481 e. The Hall–Kier alpha value is -2.70. The van der Waals surface area contributed by atoms with Crippen LogP contribution in [-0.4, -0.2) is 41.3 Å². The molecule has 0 spiro atoms. The fourth-order valence-electron chi connectivity index (χ4n) is 2.03. The zero-order valence-electron chi connectivity index (χ0n) is 15.0. The van der Waals surface area contributed by atoms with Gasteiger partial charge in [-0.2, -0.15) is 0 Å². The number of unbranched alkanes of at least 4 members (excludes halogenated alkanes) is 1. The average molecular weight is 393 g/mol. The summed E-state index contributed by atoms with van der Waals surface area (Å²) in [4.78, 5) is 34.4. The molecule has 0 aromatic heterocycles. The minimum absolute atomic E-state index is 0.284. The van der Waals surface area contributed by atoms with E-state index in [9.17, 15) is 14.4 Å². The van der Waals surface area contributed by atoms with Gasteiger partial charge >= 0.3 is 11.8 Å². The fourth-order valence-corrected chi connectivity index (χ4v) is 3.10. The maximum absolute atomic E-state index is 11.9. The van der Waals surface area contributed by atoms with Crippen molar-refractivity contribution in [3.05, 3.63) is 24.3 Å². The third kappa shape index (κ3) is 8.99. The number of amides is 3. The lowest BCUT2D eigenvalue weighted by Gasteiger charge is -2.15. The van der Waals surface area contributed by atoms with Crippen LogP contribution in [-0.2, 0) is 14.4 Å². The van der Waals surface area contributed by atoms with Crippen molar-refractivity contribution in [1.29, 1.82) is 0 Å². The summed E-state index contributed by atoms with van der Waals surface area (Å²) in [5, 5.41) is 10.8. The van der Waals surface area contributed by atoms with Crippen molar-refractivity contribution in [3.8, 4) is 17.6 Å². The second-order valence-electron chi connectivity index (χ2n) is 5.39. The van der Waals surface area contributed by atoms with Crippen LogP contribution in [0.1, 0.15) is 26.2 Å². The van der Waals surface area contributed by atoms with Crippen LogP contribution < -0.4 is 21.3 Å². The van der Waals surface area contributed by atoms with E-state index in [1.165, 1.54) is 11.8 Å². The molecule has 1 aromatic rings. The summed E-state index contributed by atoms with van der Waals surface area (Å²) >= 11 is 1.31. The van der Waals surface area contributed by atoms with E-state index in [1.807, 2.05) is 12.1 Å². The first-order valence-electron chi connectivity index (χ1n) is 8.28. The highest BCUT2D eigenvalue weighted by atomic mass is 32.2. The van der Waals surface area contributed by atoms with Crippen LogP contribution in [0.5, 0.6) is 5.75 Å². The summed E-state index contributed by atoms with van der Waals surface area (Å²) in [6.07, 6.45) is 1.66. The molecule has 0 aliphatic rings.